The third-order valence-corrected chi connectivity index (χ3v) is 6.36. The molecule has 8 nitrogen and oxygen atoms in total. The average Bonchev–Trinajstić information content (AvgIpc) is 2.62. The van der Waals surface area contributed by atoms with E-state index in [9.17, 15) is 18.0 Å². The van der Waals surface area contributed by atoms with E-state index in [-0.39, 0.29) is 29.8 Å². The lowest BCUT2D eigenvalue weighted by molar-refractivity contribution is -0.119. The first-order valence-corrected chi connectivity index (χ1v) is 10.9. The average molecular weight is 453 g/mol. The predicted octanol–water partition coefficient (Wildman–Crippen LogP) is 2.41. The van der Waals surface area contributed by atoms with Gasteiger partial charge in [-0.25, -0.2) is 12.7 Å². The fourth-order valence-electron chi connectivity index (χ4n) is 2.67. The molecule has 0 fully saturated rings. The SMILES string of the molecule is Cc1ccc(NC(=O)CN(C)CC(=O)Nc2cccc(Cl)c2)cc1S(=O)(=O)N(C)C. The van der Waals surface area contributed by atoms with Gasteiger partial charge in [0.25, 0.3) is 0 Å². The second-order valence-electron chi connectivity index (χ2n) is 7.05. The van der Waals surface area contributed by atoms with Crippen molar-refractivity contribution in [2.24, 2.45) is 0 Å². The van der Waals surface area contributed by atoms with Crippen molar-refractivity contribution in [2.75, 3.05) is 44.9 Å². The summed E-state index contributed by atoms with van der Waals surface area (Å²) in [5.74, 6) is -0.660. The molecule has 0 saturated heterocycles. The van der Waals surface area contributed by atoms with Gasteiger partial charge in [-0.1, -0.05) is 23.7 Å². The van der Waals surface area contributed by atoms with Crippen molar-refractivity contribution in [1.82, 2.24) is 9.21 Å². The second kappa shape index (κ2) is 10.0. The van der Waals surface area contributed by atoms with Crippen molar-refractivity contribution in [3.8, 4) is 0 Å². The van der Waals surface area contributed by atoms with Crippen molar-refractivity contribution in [2.45, 2.75) is 11.8 Å². The molecule has 0 saturated carbocycles. The van der Waals surface area contributed by atoms with Crippen LogP contribution in [0.1, 0.15) is 5.56 Å². The van der Waals surface area contributed by atoms with Crippen LogP contribution in [-0.4, -0.2) is 63.7 Å². The summed E-state index contributed by atoms with van der Waals surface area (Å²) in [6.45, 7) is 1.63. The number of sulfonamides is 1. The largest absolute Gasteiger partial charge is 0.325 e. The normalized spacial score (nSPS) is 11.6. The number of amides is 2. The molecule has 0 aliphatic rings. The number of likely N-dealkylation sites (N-methyl/N-ethyl adjacent to an activating group) is 1. The van der Waals surface area contributed by atoms with Gasteiger partial charge in [-0.05, 0) is 49.9 Å². The molecule has 0 heterocycles. The van der Waals surface area contributed by atoms with E-state index in [4.69, 9.17) is 11.6 Å². The number of rotatable bonds is 8. The summed E-state index contributed by atoms with van der Waals surface area (Å²) in [5.41, 5.74) is 1.51. The number of carbonyl (C=O) groups is 2. The Kier molecular flexibility index (Phi) is 7.96. The Hall–Kier alpha value is -2.46. The van der Waals surface area contributed by atoms with Crippen LogP contribution in [0.2, 0.25) is 5.02 Å². The lowest BCUT2D eigenvalue weighted by Crippen LogP contribution is -2.36. The number of halogens is 1. The van der Waals surface area contributed by atoms with Gasteiger partial charge < -0.3 is 10.6 Å². The third-order valence-electron chi connectivity index (χ3n) is 4.17. The Morgan fingerprint density at radius 2 is 1.50 bits per heavy atom. The van der Waals surface area contributed by atoms with Gasteiger partial charge in [0.1, 0.15) is 0 Å². The summed E-state index contributed by atoms with van der Waals surface area (Å²) in [6.07, 6.45) is 0. The van der Waals surface area contributed by atoms with Gasteiger partial charge in [0.2, 0.25) is 21.8 Å². The minimum absolute atomic E-state index is 0.00586. The van der Waals surface area contributed by atoms with Gasteiger partial charge in [-0.3, -0.25) is 14.5 Å². The molecule has 30 heavy (non-hydrogen) atoms. The van der Waals surface area contributed by atoms with Crippen LogP contribution in [-0.2, 0) is 19.6 Å². The van der Waals surface area contributed by atoms with Crippen LogP contribution in [0.25, 0.3) is 0 Å². The topological polar surface area (TPSA) is 98.8 Å². The highest BCUT2D eigenvalue weighted by Crippen LogP contribution is 2.22. The number of nitrogens with one attached hydrogen (secondary N) is 2. The van der Waals surface area contributed by atoms with Crippen molar-refractivity contribution >= 4 is 44.8 Å². The minimum atomic E-state index is -3.63. The van der Waals surface area contributed by atoms with E-state index in [1.807, 2.05) is 0 Å². The van der Waals surface area contributed by atoms with Crippen molar-refractivity contribution in [3.05, 3.63) is 53.1 Å². The summed E-state index contributed by atoms with van der Waals surface area (Å²) in [5, 5.41) is 5.89. The van der Waals surface area contributed by atoms with Crippen LogP contribution in [0.15, 0.2) is 47.4 Å². The molecule has 0 aromatic heterocycles. The van der Waals surface area contributed by atoms with Gasteiger partial charge in [-0.2, -0.15) is 0 Å². The molecule has 0 aliphatic heterocycles. The Balaban J connectivity index is 1.96. The number of aryl methyl sites for hydroxylation is 1. The molecule has 0 atom stereocenters. The van der Waals surface area contributed by atoms with E-state index < -0.39 is 10.0 Å². The first-order chi connectivity index (χ1) is 14.0. The van der Waals surface area contributed by atoms with Crippen molar-refractivity contribution in [1.29, 1.82) is 0 Å². The summed E-state index contributed by atoms with van der Waals surface area (Å²) in [4.78, 5) is 26.1. The maximum atomic E-state index is 12.4. The minimum Gasteiger partial charge on any atom is -0.325 e. The van der Waals surface area contributed by atoms with E-state index in [1.54, 1.807) is 55.3 Å². The summed E-state index contributed by atoms with van der Waals surface area (Å²) in [6, 6.07) is 11.5. The molecule has 2 rings (SSSR count). The summed E-state index contributed by atoms with van der Waals surface area (Å²) in [7, 11) is 0.900. The Morgan fingerprint density at radius 1 is 0.933 bits per heavy atom. The zero-order valence-electron chi connectivity index (χ0n) is 17.3. The maximum absolute atomic E-state index is 12.4. The number of benzene rings is 2. The van der Waals surface area contributed by atoms with Crippen molar-refractivity contribution < 1.29 is 18.0 Å². The van der Waals surface area contributed by atoms with E-state index in [1.165, 1.54) is 20.2 Å². The smallest absolute Gasteiger partial charge is 0.242 e. The van der Waals surface area contributed by atoms with Gasteiger partial charge in [0, 0.05) is 30.5 Å². The van der Waals surface area contributed by atoms with E-state index >= 15 is 0 Å². The highest BCUT2D eigenvalue weighted by molar-refractivity contribution is 7.89. The zero-order valence-corrected chi connectivity index (χ0v) is 18.8. The van der Waals surface area contributed by atoms with Crippen LogP contribution in [0, 0.1) is 6.92 Å². The molecular formula is C20H25ClN4O4S. The van der Waals surface area contributed by atoms with Crippen LogP contribution in [0.4, 0.5) is 11.4 Å². The fourth-order valence-corrected chi connectivity index (χ4v) is 4.00. The van der Waals surface area contributed by atoms with E-state index in [0.29, 0.717) is 22.0 Å². The third kappa shape index (κ3) is 6.53. The molecule has 2 aromatic rings. The first-order valence-electron chi connectivity index (χ1n) is 9.06. The molecule has 0 unspecified atom stereocenters. The lowest BCUT2D eigenvalue weighted by atomic mass is 10.2. The molecule has 162 valence electrons. The highest BCUT2D eigenvalue weighted by atomic mass is 35.5. The molecule has 10 heteroatoms. The zero-order chi connectivity index (χ0) is 22.5. The van der Waals surface area contributed by atoms with Crippen LogP contribution >= 0.6 is 11.6 Å². The molecule has 0 spiro atoms. The van der Waals surface area contributed by atoms with E-state index in [0.717, 1.165) is 4.31 Å². The Morgan fingerprint density at radius 3 is 2.03 bits per heavy atom. The number of hydrogen-bond donors (Lipinski definition) is 2. The van der Waals surface area contributed by atoms with Gasteiger partial charge in [0.15, 0.2) is 0 Å². The van der Waals surface area contributed by atoms with Crippen LogP contribution < -0.4 is 10.6 Å². The van der Waals surface area contributed by atoms with Gasteiger partial charge in [0.05, 0.1) is 18.0 Å². The summed E-state index contributed by atoms with van der Waals surface area (Å²) < 4.78 is 25.9. The number of hydrogen-bond acceptors (Lipinski definition) is 5. The Bertz CT molecular complexity index is 1040. The molecule has 0 aliphatic carbocycles. The molecule has 0 bridgehead atoms. The molecule has 0 radical (unpaired) electrons. The summed E-state index contributed by atoms with van der Waals surface area (Å²) >= 11 is 5.89. The van der Waals surface area contributed by atoms with E-state index in [2.05, 4.69) is 10.6 Å². The molecule has 2 aromatic carbocycles. The maximum Gasteiger partial charge on any atom is 0.242 e. The highest BCUT2D eigenvalue weighted by Gasteiger charge is 2.20. The predicted molar refractivity (Wildman–Crippen MR) is 118 cm³/mol. The first kappa shape index (κ1) is 23.8. The van der Waals surface area contributed by atoms with Gasteiger partial charge in [-0.15, -0.1) is 0 Å². The monoisotopic (exact) mass is 452 g/mol. The lowest BCUT2D eigenvalue weighted by Gasteiger charge is -2.17. The standard InChI is InChI=1S/C20H25ClN4O4S/c1-14-8-9-17(11-18(14)30(28,29)24(2)3)23-20(27)13-25(4)12-19(26)22-16-7-5-6-15(21)10-16/h5-11H,12-13H2,1-4H3,(H,22,26)(H,23,27). The molecule has 2 N–H and O–H groups in total. The van der Waals surface area contributed by atoms with Crippen LogP contribution in [0.5, 0.6) is 0 Å². The van der Waals surface area contributed by atoms with Crippen LogP contribution in [0.3, 0.4) is 0 Å². The van der Waals surface area contributed by atoms with Gasteiger partial charge >= 0.3 is 0 Å². The van der Waals surface area contributed by atoms with Crippen molar-refractivity contribution in [3.63, 3.8) is 0 Å². The quantitative estimate of drug-likeness (QED) is 0.640. The molecule has 2 amide bonds. The second-order valence-corrected chi connectivity index (χ2v) is 9.60. The number of nitrogens with zero attached hydrogens (tertiary/aromatic N) is 2. The molecular weight excluding hydrogens is 428 g/mol. The fraction of sp³-hybridized carbons (Fsp3) is 0.300. The number of carbonyl (C=O) groups excluding carboxylic acids is 2. The Labute approximate surface area is 181 Å². The number of anilines is 2.